The van der Waals surface area contributed by atoms with Gasteiger partial charge in [0, 0.05) is 25.2 Å². The van der Waals surface area contributed by atoms with Crippen LogP contribution in [0.3, 0.4) is 0 Å². The van der Waals surface area contributed by atoms with Crippen molar-refractivity contribution >= 4 is 11.8 Å². The Morgan fingerprint density at radius 2 is 1.94 bits per heavy atom. The van der Waals surface area contributed by atoms with Gasteiger partial charge in [-0.1, -0.05) is 6.42 Å². The van der Waals surface area contributed by atoms with Gasteiger partial charge < -0.3 is 4.74 Å². The molecule has 3 heteroatoms. The lowest BCUT2D eigenvalue weighted by Gasteiger charge is -2.34. The summed E-state index contributed by atoms with van der Waals surface area (Å²) in [6, 6.07) is 0. The predicted octanol–water partition coefficient (Wildman–Crippen LogP) is 2.48. The van der Waals surface area contributed by atoms with E-state index in [0.717, 1.165) is 38.5 Å². The van der Waals surface area contributed by atoms with E-state index < -0.39 is 0 Å². The van der Waals surface area contributed by atoms with Crippen LogP contribution in [-0.2, 0) is 14.3 Å². The average molecular weight is 224 g/mol. The van der Waals surface area contributed by atoms with E-state index >= 15 is 0 Å². The first-order valence-corrected chi connectivity index (χ1v) is 6.38. The number of carbonyl (C=O) groups is 2. The summed E-state index contributed by atoms with van der Waals surface area (Å²) in [7, 11) is 0. The summed E-state index contributed by atoms with van der Waals surface area (Å²) in [5, 5.41) is 0. The molecule has 2 rings (SSSR count). The maximum absolute atomic E-state index is 11.8. The minimum Gasteiger partial charge on any atom is -0.462 e. The fourth-order valence-corrected chi connectivity index (χ4v) is 3.24. The Labute approximate surface area is 96.5 Å². The molecule has 2 aliphatic rings. The van der Waals surface area contributed by atoms with E-state index in [0.29, 0.717) is 11.7 Å². The van der Waals surface area contributed by atoms with Crippen molar-refractivity contribution in [2.24, 2.45) is 11.8 Å². The molecule has 0 spiro atoms. The molecule has 0 unspecified atom stereocenters. The van der Waals surface area contributed by atoms with Gasteiger partial charge in [0.2, 0.25) is 0 Å². The molecule has 2 saturated carbocycles. The smallest absolute Gasteiger partial charge is 0.302 e. The van der Waals surface area contributed by atoms with Crippen LogP contribution in [0.1, 0.15) is 51.9 Å². The topological polar surface area (TPSA) is 43.4 Å². The Hall–Kier alpha value is -0.860. The first-order chi connectivity index (χ1) is 7.68. The molecular formula is C13H20O3. The van der Waals surface area contributed by atoms with Gasteiger partial charge in [-0.2, -0.15) is 0 Å². The van der Waals surface area contributed by atoms with E-state index in [1.807, 2.05) is 0 Å². The second-order valence-electron chi connectivity index (χ2n) is 5.06. The first kappa shape index (κ1) is 11.6. The number of ketones is 1. The molecule has 0 amide bonds. The van der Waals surface area contributed by atoms with Crippen molar-refractivity contribution < 1.29 is 14.3 Å². The van der Waals surface area contributed by atoms with Crippen molar-refractivity contribution in [1.82, 2.24) is 0 Å². The van der Waals surface area contributed by atoms with E-state index in [1.165, 1.54) is 13.3 Å². The highest BCUT2D eigenvalue weighted by atomic mass is 16.5. The summed E-state index contributed by atoms with van der Waals surface area (Å²) in [6.45, 7) is 1.46. The Bertz CT molecular complexity index is 285. The van der Waals surface area contributed by atoms with Crippen LogP contribution in [0.15, 0.2) is 0 Å². The summed E-state index contributed by atoms with van der Waals surface area (Å²) in [5.74, 6) is 0.656. The zero-order valence-corrected chi connectivity index (χ0v) is 9.91. The molecule has 16 heavy (non-hydrogen) atoms. The molecule has 0 aromatic rings. The second kappa shape index (κ2) is 4.98. The fraction of sp³-hybridized carbons (Fsp3) is 0.846. The summed E-state index contributed by atoms with van der Waals surface area (Å²) >= 11 is 0. The quantitative estimate of drug-likeness (QED) is 0.677. The summed E-state index contributed by atoms with van der Waals surface area (Å²) in [4.78, 5) is 22.8. The lowest BCUT2D eigenvalue weighted by atomic mass is 9.76. The van der Waals surface area contributed by atoms with Gasteiger partial charge in [0.05, 0.1) is 0 Å². The Morgan fingerprint density at radius 3 is 2.56 bits per heavy atom. The summed E-state index contributed by atoms with van der Waals surface area (Å²) < 4.78 is 5.37. The van der Waals surface area contributed by atoms with Gasteiger partial charge in [-0.15, -0.1) is 0 Å². The zero-order valence-electron chi connectivity index (χ0n) is 9.91. The number of Topliss-reactive ketones (excluding diaryl/α,β-unsaturated/α-hetero) is 1. The van der Waals surface area contributed by atoms with E-state index in [4.69, 9.17) is 4.74 Å². The Balaban J connectivity index is 2.03. The van der Waals surface area contributed by atoms with E-state index in [-0.39, 0.29) is 18.0 Å². The van der Waals surface area contributed by atoms with Gasteiger partial charge in [-0.3, -0.25) is 9.59 Å². The maximum atomic E-state index is 11.8. The normalized spacial score (nSPS) is 35.1. The number of hydrogen-bond acceptors (Lipinski definition) is 3. The summed E-state index contributed by atoms with van der Waals surface area (Å²) in [5.41, 5.74) is 0. The van der Waals surface area contributed by atoms with Crippen LogP contribution in [0.4, 0.5) is 0 Å². The number of rotatable bonds is 2. The minimum absolute atomic E-state index is 0.00157. The molecule has 0 saturated heterocycles. The summed E-state index contributed by atoms with van der Waals surface area (Å²) in [6.07, 6.45) is 7.03. The highest BCUT2D eigenvalue weighted by molar-refractivity contribution is 5.83. The first-order valence-electron chi connectivity index (χ1n) is 6.38. The average Bonchev–Trinajstić information content (AvgIpc) is 2.64. The molecule has 0 aliphatic heterocycles. The van der Waals surface area contributed by atoms with Gasteiger partial charge in [0.1, 0.15) is 11.9 Å². The van der Waals surface area contributed by atoms with Crippen molar-refractivity contribution in [3.8, 4) is 0 Å². The van der Waals surface area contributed by atoms with Crippen LogP contribution in [0.2, 0.25) is 0 Å². The molecule has 90 valence electrons. The minimum atomic E-state index is -0.206. The van der Waals surface area contributed by atoms with E-state index in [2.05, 4.69) is 0 Å². The highest BCUT2D eigenvalue weighted by Crippen LogP contribution is 2.38. The second-order valence-corrected chi connectivity index (χ2v) is 5.06. The lowest BCUT2D eigenvalue weighted by Crippen LogP contribution is -2.36. The van der Waals surface area contributed by atoms with E-state index in [1.54, 1.807) is 0 Å². The standard InChI is InChI=1S/C13H20O3/c1-9(14)16-13-8-3-2-5-11(13)10-6-4-7-12(10)15/h10-11,13H,2-8H2,1H3/t10-,11-,13+/m1/s1. The molecule has 3 nitrogen and oxygen atoms in total. The molecule has 2 fully saturated rings. The van der Waals surface area contributed by atoms with Crippen molar-refractivity contribution in [2.45, 2.75) is 58.0 Å². The van der Waals surface area contributed by atoms with Gasteiger partial charge in [-0.25, -0.2) is 0 Å². The molecule has 0 radical (unpaired) electrons. The largest absolute Gasteiger partial charge is 0.462 e. The van der Waals surface area contributed by atoms with Crippen LogP contribution >= 0.6 is 0 Å². The third-order valence-corrected chi connectivity index (χ3v) is 3.94. The number of carbonyl (C=O) groups excluding carboxylic acids is 2. The molecule has 0 bridgehead atoms. The molecular weight excluding hydrogens is 204 g/mol. The third kappa shape index (κ3) is 2.45. The van der Waals surface area contributed by atoms with Crippen LogP contribution < -0.4 is 0 Å². The van der Waals surface area contributed by atoms with Crippen molar-refractivity contribution in [2.75, 3.05) is 0 Å². The van der Waals surface area contributed by atoms with Crippen molar-refractivity contribution in [3.05, 3.63) is 0 Å². The molecule has 2 aliphatic carbocycles. The van der Waals surface area contributed by atoms with Crippen LogP contribution in [0, 0.1) is 11.8 Å². The van der Waals surface area contributed by atoms with Crippen molar-refractivity contribution in [1.29, 1.82) is 0 Å². The maximum Gasteiger partial charge on any atom is 0.302 e. The van der Waals surface area contributed by atoms with Crippen LogP contribution in [-0.4, -0.2) is 17.9 Å². The van der Waals surface area contributed by atoms with Gasteiger partial charge in [0.25, 0.3) is 0 Å². The number of hydrogen-bond donors (Lipinski definition) is 0. The molecule has 3 atom stereocenters. The van der Waals surface area contributed by atoms with Gasteiger partial charge >= 0.3 is 5.97 Å². The monoisotopic (exact) mass is 224 g/mol. The highest BCUT2D eigenvalue weighted by Gasteiger charge is 2.39. The van der Waals surface area contributed by atoms with Crippen LogP contribution in [0.25, 0.3) is 0 Å². The van der Waals surface area contributed by atoms with E-state index in [9.17, 15) is 9.59 Å². The Morgan fingerprint density at radius 1 is 1.19 bits per heavy atom. The fourth-order valence-electron chi connectivity index (χ4n) is 3.24. The lowest BCUT2D eigenvalue weighted by molar-refractivity contribution is -0.153. The molecule has 0 heterocycles. The Kier molecular flexibility index (Phi) is 3.62. The zero-order chi connectivity index (χ0) is 11.5. The third-order valence-electron chi connectivity index (χ3n) is 3.94. The van der Waals surface area contributed by atoms with Crippen molar-refractivity contribution in [3.63, 3.8) is 0 Å². The predicted molar refractivity (Wildman–Crippen MR) is 59.9 cm³/mol. The molecule has 0 N–H and O–H groups in total. The molecule has 0 aromatic carbocycles. The van der Waals surface area contributed by atoms with Gasteiger partial charge in [0.15, 0.2) is 0 Å². The van der Waals surface area contributed by atoms with Crippen LogP contribution in [0.5, 0.6) is 0 Å². The van der Waals surface area contributed by atoms with Gasteiger partial charge in [-0.05, 0) is 32.1 Å². The molecule has 0 aromatic heterocycles. The SMILES string of the molecule is CC(=O)O[C@H]1CCCC[C@@H]1[C@H]1CCCC1=O. The number of esters is 1. The number of ether oxygens (including phenoxy) is 1.